The minimum absolute atomic E-state index is 0. The molecule has 0 amide bonds. The molecule has 0 atom stereocenters. The summed E-state index contributed by atoms with van der Waals surface area (Å²) in [5.41, 5.74) is 3.79. The summed E-state index contributed by atoms with van der Waals surface area (Å²) in [6.07, 6.45) is 2.16. The predicted octanol–water partition coefficient (Wildman–Crippen LogP) is 2.20. The van der Waals surface area contributed by atoms with Crippen molar-refractivity contribution in [2.24, 2.45) is 0 Å². The van der Waals surface area contributed by atoms with Crippen LogP contribution in [-0.2, 0) is 0 Å². The molecule has 2 rings (SSSR count). The van der Waals surface area contributed by atoms with E-state index in [0.29, 0.717) is 0 Å². The molecular formula is C12H16ClNO2. The van der Waals surface area contributed by atoms with Crippen molar-refractivity contribution < 1.29 is 9.47 Å². The molecule has 0 aromatic heterocycles. The Bertz CT molecular complexity index is 416. The third-order valence-electron chi connectivity index (χ3n) is 2.60. The summed E-state index contributed by atoms with van der Waals surface area (Å²) in [6, 6.07) is 4.04. The summed E-state index contributed by atoms with van der Waals surface area (Å²) in [5.74, 6) is 1.58. The Balaban J connectivity index is 0.00000128. The largest absolute Gasteiger partial charge is 0.493 e. The summed E-state index contributed by atoms with van der Waals surface area (Å²) < 4.78 is 10.5. The van der Waals surface area contributed by atoms with E-state index in [2.05, 4.69) is 11.4 Å². The van der Waals surface area contributed by atoms with Gasteiger partial charge in [-0.1, -0.05) is 0 Å². The molecule has 1 aliphatic rings. The molecule has 0 saturated heterocycles. The zero-order chi connectivity index (χ0) is 10.8. The topological polar surface area (TPSA) is 30.5 Å². The summed E-state index contributed by atoms with van der Waals surface area (Å²) in [4.78, 5) is 0. The van der Waals surface area contributed by atoms with Gasteiger partial charge in [0.05, 0.1) is 14.2 Å². The van der Waals surface area contributed by atoms with Crippen LogP contribution in [-0.4, -0.2) is 27.8 Å². The van der Waals surface area contributed by atoms with E-state index in [1.165, 1.54) is 16.7 Å². The molecule has 1 aromatic carbocycles. The first kappa shape index (κ1) is 12.9. The average molecular weight is 242 g/mol. The van der Waals surface area contributed by atoms with Gasteiger partial charge in [0.15, 0.2) is 11.5 Å². The van der Waals surface area contributed by atoms with Crippen LogP contribution in [0.2, 0.25) is 0 Å². The number of ether oxygens (including phenoxy) is 2. The maximum absolute atomic E-state index is 5.26. The van der Waals surface area contributed by atoms with Gasteiger partial charge < -0.3 is 14.8 Å². The van der Waals surface area contributed by atoms with Gasteiger partial charge in [-0.2, -0.15) is 0 Å². The van der Waals surface area contributed by atoms with Gasteiger partial charge in [0, 0.05) is 6.54 Å². The Morgan fingerprint density at radius 3 is 2.31 bits per heavy atom. The highest BCUT2D eigenvalue weighted by Gasteiger charge is 2.19. The van der Waals surface area contributed by atoms with E-state index < -0.39 is 0 Å². The lowest BCUT2D eigenvalue weighted by Gasteiger charge is -2.22. The van der Waals surface area contributed by atoms with Crippen LogP contribution >= 0.6 is 12.4 Å². The second-order valence-corrected chi connectivity index (χ2v) is 3.49. The highest BCUT2D eigenvalue weighted by molar-refractivity contribution is 5.97. The number of fused-ring (bicyclic) bond motifs is 1. The van der Waals surface area contributed by atoms with E-state index in [9.17, 15) is 0 Å². The average Bonchev–Trinajstić information content (AvgIpc) is 2.25. The van der Waals surface area contributed by atoms with Crippen molar-refractivity contribution >= 4 is 24.1 Å². The molecule has 0 radical (unpaired) electrons. The summed E-state index contributed by atoms with van der Waals surface area (Å²) >= 11 is 0. The van der Waals surface area contributed by atoms with Gasteiger partial charge in [0.25, 0.3) is 0 Å². The van der Waals surface area contributed by atoms with Gasteiger partial charge in [-0.15, -0.1) is 12.4 Å². The van der Waals surface area contributed by atoms with Crippen LogP contribution in [0.5, 0.6) is 11.5 Å². The molecule has 4 heteroatoms. The molecule has 16 heavy (non-hydrogen) atoms. The number of benzene rings is 1. The lowest BCUT2D eigenvalue weighted by molar-refractivity contribution is 0.354. The molecule has 0 unspecified atom stereocenters. The van der Waals surface area contributed by atoms with Crippen molar-refractivity contribution in [1.82, 2.24) is 5.32 Å². The standard InChI is InChI=1S/C12H15NO2.ClH/c1-13-7-9-4-8-5-11(14-2)12(15-3)6-10(8)9;/h4-6,13H,7H2,1-3H3;1H. The van der Waals surface area contributed by atoms with E-state index in [1.54, 1.807) is 14.2 Å². The fraction of sp³-hybridized carbons (Fsp3) is 0.333. The molecule has 1 aliphatic carbocycles. The van der Waals surface area contributed by atoms with Gasteiger partial charge in [-0.25, -0.2) is 0 Å². The van der Waals surface area contributed by atoms with Gasteiger partial charge >= 0.3 is 0 Å². The molecule has 0 heterocycles. The van der Waals surface area contributed by atoms with Crippen LogP contribution in [0, 0.1) is 0 Å². The number of halogens is 1. The second-order valence-electron chi connectivity index (χ2n) is 3.49. The highest BCUT2D eigenvalue weighted by atomic mass is 35.5. The number of hydrogen-bond acceptors (Lipinski definition) is 3. The molecule has 0 bridgehead atoms. The molecule has 0 fully saturated rings. The van der Waals surface area contributed by atoms with Crippen LogP contribution < -0.4 is 14.8 Å². The monoisotopic (exact) mass is 241 g/mol. The first-order valence-electron chi connectivity index (χ1n) is 4.91. The third-order valence-corrected chi connectivity index (χ3v) is 2.60. The minimum atomic E-state index is 0. The van der Waals surface area contributed by atoms with E-state index in [4.69, 9.17) is 9.47 Å². The fourth-order valence-corrected chi connectivity index (χ4v) is 1.82. The Labute approximate surface area is 102 Å². The lowest BCUT2D eigenvalue weighted by atomic mass is 9.88. The first-order valence-corrected chi connectivity index (χ1v) is 4.91. The molecule has 0 spiro atoms. The van der Waals surface area contributed by atoms with Gasteiger partial charge in [0.1, 0.15) is 0 Å². The Hall–Kier alpha value is -1.19. The SMILES string of the molecule is CNCC1=Cc2cc(OC)c(OC)cc21.Cl. The Kier molecular flexibility index (Phi) is 4.21. The zero-order valence-electron chi connectivity index (χ0n) is 9.66. The summed E-state index contributed by atoms with van der Waals surface area (Å²) in [5, 5.41) is 3.14. The van der Waals surface area contributed by atoms with E-state index in [1.807, 2.05) is 19.2 Å². The zero-order valence-corrected chi connectivity index (χ0v) is 10.5. The quantitative estimate of drug-likeness (QED) is 0.877. The molecule has 3 nitrogen and oxygen atoms in total. The number of methoxy groups -OCH3 is 2. The lowest BCUT2D eigenvalue weighted by Crippen LogP contribution is -2.14. The maximum Gasteiger partial charge on any atom is 0.161 e. The van der Waals surface area contributed by atoms with Crippen molar-refractivity contribution in [1.29, 1.82) is 0 Å². The van der Waals surface area contributed by atoms with Crippen LogP contribution in [0.15, 0.2) is 12.1 Å². The van der Waals surface area contributed by atoms with Crippen molar-refractivity contribution in [2.75, 3.05) is 27.8 Å². The maximum atomic E-state index is 5.26. The fourth-order valence-electron chi connectivity index (χ4n) is 1.82. The molecule has 0 aliphatic heterocycles. The first-order chi connectivity index (χ1) is 7.30. The third kappa shape index (κ3) is 2.01. The van der Waals surface area contributed by atoms with E-state index in [0.717, 1.165) is 18.0 Å². The Morgan fingerprint density at radius 1 is 1.12 bits per heavy atom. The smallest absolute Gasteiger partial charge is 0.161 e. The normalized spacial score (nSPS) is 11.8. The number of likely N-dealkylation sites (N-methyl/N-ethyl adjacent to an activating group) is 1. The molecule has 1 N–H and O–H groups in total. The summed E-state index contributed by atoms with van der Waals surface area (Å²) in [6.45, 7) is 0.891. The molecule has 88 valence electrons. The van der Waals surface area contributed by atoms with Crippen molar-refractivity contribution in [3.05, 3.63) is 23.3 Å². The molecule has 1 aromatic rings. The molecule has 0 saturated carbocycles. The van der Waals surface area contributed by atoms with Crippen LogP contribution in [0.4, 0.5) is 0 Å². The number of hydrogen-bond donors (Lipinski definition) is 1. The van der Waals surface area contributed by atoms with Crippen LogP contribution in [0.1, 0.15) is 11.1 Å². The minimum Gasteiger partial charge on any atom is -0.493 e. The van der Waals surface area contributed by atoms with Crippen LogP contribution in [0.25, 0.3) is 11.6 Å². The van der Waals surface area contributed by atoms with Gasteiger partial charge in [-0.3, -0.25) is 0 Å². The van der Waals surface area contributed by atoms with Crippen molar-refractivity contribution in [3.8, 4) is 11.5 Å². The highest BCUT2D eigenvalue weighted by Crippen LogP contribution is 2.40. The number of rotatable bonds is 4. The van der Waals surface area contributed by atoms with Gasteiger partial charge in [0.2, 0.25) is 0 Å². The predicted molar refractivity (Wildman–Crippen MR) is 68.6 cm³/mol. The van der Waals surface area contributed by atoms with Crippen LogP contribution in [0.3, 0.4) is 0 Å². The van der Waals surface area contributed by atoms with E-state index >= 15 is 0 Å². The van der Waals surface area contributed by atoms with Crippen molar-refractivity contribution in [2.45, 2.75) is 0 Å². The van der Waals surface area contributed by atoms with Gasteiger partial charge in [-0.05, 0) is 42.0 Å². The molecular weight excluding hydrogens is 226 g/mol. The Morgan fingerprint density at radius 2 is 1.75 bits per heavy atom. The van der Waals surface area contributed by atoms with Crippen molar-refractivity contribution in [3.63, 3.8) is 0 Å². The summed E-state index contributed by atoms with van der Waals surface area (Å²) in [7, 11) is 5.26. The van der Waals surface area contributed by atoms with E-state index in [-0.39, 0.29) is 12.4 Å². The number of nitrogens with one attached hydrogen (secondary N) is 1. The second kappa shape index (κ2) is 5.23.